The Bertz CT molecular complexity index is 346. The minimum absolute atomic E-state index is 0.0767. The SMILES string of the molecule is Cc1[nH]cc(O)c(=O)c1C(F)F. The molecule has 0 aliphatic heterocycles. The van der Waals surface area contributed by atoms with Crippen molar-refractivity contribution in [1.29, 1.82) is 0 Å². The molecule has 0 fully saturated rings. The molecule has 12 heavy (non-hydrogen) atoms. The van der Waals surface area contributed by atoms with E-state index in [0.717, 1.165) is 6.20 Å². The lowest BCUT2D eigenvalue weighted by atomic mass is 10.2. The van der Waals surface area contributed by atoms with Crippen LogP contribution < -0.4 is 5.43 Å². The maximum Gasteiger partial charge on any atom is 0.269 e. The first-order valence-corrected chi connectivity index (χ1v) is 3.23. The van der Waals surface area contributed by atoms with Crippen molar-refractivity contribution in [1.82, 2.24) is 4.98 Å². The fraction of sp³-hybridized carbons (Fsp3) is 0.286. The molecule has 0 saturated carbocycles. The van der Waals surface area contributed by atoms with Crippen molar-refractivity contribution in [3.8, 4) is 5.75 Å². The van der Waals surface area contributed by atoms with Crippen LogP contribution in [0.2, 0.25) is 0 Å². The zero-order valence-corrected chi connectivity index (χ0v) is 6.27. The highest BCUT2D eigenvalue weighted by molar-refractivity contribution is 5.28. The van der Waals surface area contributed by atoms with Gasteiger partial charge in [0, 0.05) is 11.9 Å². The zero-order chi connectivity index (χ0) is 9.30. The Labute approximate surface area is 66.7 Å². The third kappa shape index (κ3) is 1.30. The Balaban J connectivity index is 3.44. The van der Waals surface area contributed by atoms with Gasteiger partial charge in [0.25, 0.3) is 6.43 Å². The molecule has 5 heteroatoms. The van der Waals surface area contributed by atoms with Crippen molar-refractivity contribution in [3.63, 3.8) is 0 Å². The molecule has 1 aromatic rings. The van der Waals surface area contributed by atoms with Gasteiger partial charge >= 0.3 is 0 Å². The van der Waals surface area contributed by atoms with Gasteiger partial charge in [-0.25, -0.2) is 8.78 Å². The maximum atomic E-state index is 12.1. The van der Waals surface area contributed by atoms with Crippen LogP contribution in [0.3, 0.4) is 0 Å². The summed E-state index contributed by atoms with van der Waals surface area (Å²) in [5.41, 5.74) is -1.61. The van der Waals surface area contributed by atoms with Crippen molar-refractivity contribution < 1.29 is 13.9 Å². The molecule has 1 rings (SSSR count). The van der Waals surface area contributed by atoms with Crippen LogP contribution in [-0.2, 0) is 0 Å². The van der Waals surface area contributed by atoms with Crippen LogP contribution in [0.5, 0.6) is 5.75 Å². The summed E-state index contributed by atoms with van der Waals surface area (Å²) in [4.78, 5) is 13.2. The van der Waals surface area contributed by atoms with Gasteiger partial charge in [0.05, 0.1) is 5.56 Å². The van der Waals surface area contributed by atoms with Crippen LogP contribution in [0.25, 0.3) is 0 Å². The highest BCUT2D eigenvalue weighted by Gasteiger charge is 2.17. The Morgan fingerprint density at radius 3 is 2.58 bits per heavy atom. The minimum Gasteiger partial charge on any atom is -0.503 e. The maximum absolute atomic E-state index is 12.1. The van der Waals surface area contributed by atoms with E-state index in [-0.39, 0.29) is 5.69 Å². The van der Waals surface area contributed by atoms with E-state index >= 15 is 0 Å². The van der Waals surface area contributed by atoms with Crippen LogP contribution in [0.4, 0.5) is 8.78 Å². The van der Waals surface area contributed by atoms with Crippen molar-refractivity contribution in [2.45, 2.75) is 13.3 Å². The normalized spacial score (nSPS) is 10.7. The number of H-pyrrole nitrogens is 1. The van der Waals surface area contributed by atoms with Gasteiger partial charge in [-0.05, 0) is 6.92 Å². The van der Waals surface area contributed by atoms with Crippen LogP contribution >= 0.6 is 0 Å². The fourth-order valence-corrected chi connectivity index (χ4v) is 0.891. The lowest BCUT2D eigenvalue weighted by Crippen LogP contribution is -2.12. The summed E-state index contributed by atoms with van der Waals surface area (Å²) in [7, 11) is 0. The number of halogens is 2. The lowest BCUT2D eigenvalue weighted by molar-refractivity contribution is 0.148. The molecule has 2 N–H and O–H groups in total. The molecule has 0 aliphatic rings. The van der Waals surface area contributed by atoms with Gasteiger partial charge in [0.2, 0.25) is 5.43 Å². The Kier molecular flexibility index (Phi) is 2.12. The minimum atomic E-state index is -2.86. The predicted octanol–water partition coefficient (Wildman–Crippen LogP) is 1.33. The second-order valence-electron chi connectivity index (χ2n) is 2.34. The van der Waals surface area contributed by atoms with Crippen molar-refractivity contribution in [2.24, 2.45) is 0 Å². The Morgan fingerprint density at radius 2 is 2.17 bits per heavy atom. The summed E-state index contributed by atoms with van der Waals surface area (Å²) in [6.45, 7) is 1.35. The second kappa shape index (κ2) is 2.92. The van der Waals surface area contributed by atoms with E-state index in [4.69, 9.17) is 5.11 Å². The monoisotopic (exact) mass is 175 g/mol. The standard InChI is InChI=1S/C7H7F2NO2/c1-3-5(7(8)9)6(12)4(11)2-10-3/h2,7,11H,1H3,(H,10,12). The van der Waals surface area contributed by atoms with Gasteiger partial charge in [0.1, 0.15) is 0 Å². The van der Waals surface area contributed by atoms with Gasteiger partial charge in [-0.1, -0.05) is 0 Å². The van der Waals surface area contributed by atoms with Gasteiger partial charge in [-0.3, -0.25) is 4.79 Å². The number of aromatic hydroxyl groups is 1. The summed E-state index contributed by atoms with van der Waals surface area (Å²) in [5, 5.41) is 8.80. The molecule has 0 amide bonds. The van der Waals surface area contributed by atoms with Crippen molar-refractivity contribution >= 4 is 0 Å². The highest BCUT2D eigenvalue weighted by atomic mass is 19.3. The number of nitrogens with one attached hydrogen (secondary N) is 1. The molecular formula is C7H7F2NO2. The number of alkyl halides is 2. The van der Waals surface area contributed by atoms with Crippen LogP contribution in [0, 0.1) is 6.92 Å². The van der Waals surface area contributed by atoms with E-state index in [9.17, 15) is 13.6 Å². The molecule has 66 valence electrons. The first-order valence-electron chi connectivity index (χ1n) is 3.23. The largest absolute Gasteiger partial charge is 0.503 e. The molecule has 0 radical (unpaired) electrons. The molecule has 0 bridgehead atoms. The molecular weight excluding hydrogens is 168 g/mol. The van der Waals surface area contributed by atoms with Crippen molar-refractivity contribution in [3.05, 3.63) is 27.7 Å². The Morgan fingerprint density at radius 1 is 1.58 bits per heavy atom. The first kappa shape index (κ1) is 8.70. The molecule has 0 atom stereocenters. The van der Waals surface area contributed by atoms with E-state index in [0.29, 0.717) is 0 Å². The number of aromatic amines is 1. The number of hydrogen-bond acceptors (Lipinski definition) is 2. The topological polar surface area (TPSA) is 53.1 Å². The van der Waals surface area contributed by atoms with Gasteiger partial charge in [0.15, 0.2) is 5.75 Å². The summed E-state index contributed by atoms with van der Waals surface area (Å²) in [6.07, 6.45) is -1.87. The smallest absolute Gasteiger partial charge is 0.269 e. The molecule has 0 spiro atoms. The van der Waals surface area contributed by atoms with Gasteiger partial charge < -0.3 is 10.1 Å². The third-order valence-electron chi connectivity index (χ3n) is 1.52. The summed E-state index contributed by atoms with van der Waals surface area (Å²) in [6, 6.07) is 0. The summed E-state index contributed by atoms with van der Waals surface area (Å²) >= 11 is 0. The average molecular weight is 175 g/mol. The van der Waals surface area contributed by atoms with Crippen LogP contribution in [-0.4, -0.2) is 10.1 Å². The molecule has 1 heterocycles. The first-order chi connectivity index (χ1) is 5.54. The van der Waals surface area contributed by atoms with E-state index in [2.05, 4.69) is 4.98 Å². The molecule has 0 saturated heterocycles. The number of aryl methyl sites for hydroxylation is 1. The molecule has 0 aromatic carbocycles. The zero-order valence-electron chi connectivity index (χ0n) is 6.27. The molecule has 3 nitrogen and oxygen atoms in total. The molecule has 0 unspecified atom stereocenters. The van der Waals surface area contributed by atoms with E-state index in [1.807, 2.05) is 0 Å². The fourth-order valence-electron chi connectivity index (χ4n) is 0.891. The summed E-state index contributed by atoms with van der Waals surface area (Å²) in [5.74, 6) is -0.684. The van der Waals surface area contributed by atoms with Gasteiger partial charge in [-0.15, -0.1) is 0 Å². The number of rotatable bonds is 1. The van der Waals surface area contributed by atoms with Gasteiger partial charge in [-0.2, -0.15) is 0 Å². The quantitative estimate of drug-likeness (QED) is 0.676. The van der Waals surface area contributed by atoms with E-state index < -0.39 is 23.2 Å². The second-order valence-corrected chi connectivity index (χ2v) is 2.34. The van der Waals surface area contributed by atoms with Crippen LogP contribution in [0.1, 0.15) is 17.7 Å². The number of aromatic nitrogens is 1. The average Bonchev–Trinajstić information content (AvgIpc) is 1.97. The van der Waals surface area contributed by atoms with Crippen LogP contribution in [0.15, 0.2) is 11.0 Å². The summed E-state index contributed by atoms with van der Waals surface area (Å²) < 4.78 is 24.3. The van der Waals surface area contributed by atoms with E-state index in [1.54, 1.807) is 0 Å². The Hall–Kier alpha value is -1.39. The van der Waals surface area contributed by atoms with Crippen molar-refractivity contribution in [2.75, 3.05) is 0 Å². The predicted molar refractivity (Wildman–Crippen MR) is 38.4 cm³/mol. The highest BCUT2D eigenvalue weighted by Crippen LogP contribution is 2.18. The number of pyridine rings is 1. The molecule has 0 aliphatic carbocycles. The number of hydrogen-bond donors (Lipinski definition) is 2. The molecule has 1 aromatic heterocycles. The third-order valence-corrected chi connectivity index (χ3v) is 1.52. The lowest BCUT2D eigenvalue weighted by Gasteiger charge is -2.02. The van der Waals surface area contributed by atoms with E-state index in [1.165, 1.54) is 6.92 Å².